The maximum Gasteiger partial charge on any atom is 0.341 e. The molecule has 1 saturated heterocycles. The van der Waals surface area contributed by atoms with Crippen LogP contribution >= 0.6 is 0 Å². The average Bonchev–Trinajstić information content (AvgIpc) is 3.19. The second kappa shape index (κ2) is 7.21. The van der Waals surface area contributed by atoms with Gasteiger partial charge >= 0.3 is 5.97 Å². The number of benzene rings is 3. The number of nitrogens with two attached hydrogens (primary N) is 1. The Morgan fingerprint density at radius 2 is 1.84 bits per heavy atom. The monoisotopic (exact) mass is 417 g/mol. The quantitative estimate of drug-likeness (QED) is 0.533. The van der Waals surface area contributed by atoms with Crippen LogP contribution in [-0.4, -0.2) is 34.8 Å². The number of aromatic carboxylic acids is 1. The van der Waals surface area contributed by atoms with E-state index in [2.05, 4.69) is 0 Å². The minimum Gasteiger partial charge on any atom is -0.477 e. The van der Waals surface area contributed by atoms with Crippen molar-refractivity contribution in [2.45, 2.75) is 12.5 Å². The molecule has 1 aliphatic rings. The Morgan fingerprint density at radius 1 is 1.06 bits per heavy atom. The lowest BCUT2D eigenvalue weighted by atomic mass is 10.1. The van der Waals surface area contributed by atoms with Gasteiger partial charge in [-0.05, 0) is 30.0 Å². The normalized spacial score (nSPS) is 16.3. The minimum atomic E-state index is -1.35. The molecule has 1 atom stereocenters. The summed E-state index contributed by atoms with van der Waals surface area (Å²) >= 11 is 0. The van der Waals surface area contributed by atoms with E-state index in [1.165, 1.54) is 6.20 Å². The third-order valence-corrected chi connectivity index (χ3v) is 5.89. The summed E-state index contributed by atoms with van der Waals surface area (Å²) in [7, 11) is 0. The Morgan fingerprint density at radius 3 is 2.58 bits per heavy atom. The molecule has 1 aromatic heterocycles. The van der Waals surface area contributed by atoms with Gasteiger partial charge in [0.15, 0.2) is 0 Å². The van der Waals surface area contributed by atoms with Crippen molar-refractivity contribution >= 4 is 33.3 Å². The molecule has 0 amide bonds. The summed E-state index contributed by atoms with van der Waals surface area (Å²) < 4.78 is 16.7. The predicted octanol–water partition coefficient (Wildman–Crippen LogP) is 3.52. The minimum absolute atomic E-state index is 0.0255. The second-order valence-electron chi connectivity index (χ2n) is 7.86. The van der Waals surface area contributed by atoms with Crippen molar-refractivity contribution < 1.29 is 14.3 Å². The van der Waals surface area contributed by atoms with Crippen LogP contribution in [0.25, 0.3) is 27.4 Å². The lowest BCUT2D eigenvalue weighted by molar-refractivity contribution is 0.0695. The lowest BCUT2D eigenvalue weighted by Crippen LogP contribution is -2.27. The molecule has 4 aromatic rings. The molecule has 0 unspecified atom stereocenters. The van der Waals surface area contributed by atoms with Gasteiger partial charge in [-0.3, -0.25) is 4.79 Å². The number of pyridine rings is 1. The highest BCUT2D eigenvalue weighted by Crippen LogP contribution is 2.31. The summed E-state index contributed by atoms with van der Waals surface area (Å²) in [5.74, 6) is -1.92. The Hall–Kier alpha value is -3.71. The first-order valence-corrected chi connectivity index (χ1v) is 10.0. The highest BCUT2D eigenvalue weighted by molar-refractivity contribution is 5.97. The zero-order valence-corrected chi connectivity index (χ0v) is 16.6. The van der Waals surface area contributed by atoms with E-state index >= 15 is 4.39 Å². The van der Waals surface area contributed by atoms with Crippen LogP contribution < -0.4 is 16.1 Å². The maximum absolute atomic E-state index is 15.0. The van der Waals surface area contributed by atoms with Crippen molar-refractivity contribution in [3.63, 3.8) is 0 Å². The van der Waals surface area contributed by atoms with E-state index in [9.17, 15) is 14.7 Å². The van der Waals surface area contributed by atoms with Crippen LogP contribution in [0.15, 0.2) is 65.6 Å². The van der Waals surface area contributed by atoms with Crippen LogP contribution in [0.2, 0.25) is 0 Å². The summed E-state index contributed by atoms with van der Waals surface area (Å²) in [4.78, 5) is 26.5. The van der Waals surface area contributed by atoms with Gasteiger partial charge in [-0.25, -0.2) is 9.18 Å². The van der Waals surface area contributed by atoms with Crippen molar-refractivity contribution in [3.8, 4) is 5.69 Å². The van der Waals surface area contributed by atoms with Gasteiger partial charge in [0, 0.05) is 36.1 Å². The smallest absolute Gasteiger partial charge is 0.341 e. The number of hydrogen-bond donors (Lipinski definition) is 2. The molecule has 1 fully saturated rings. The van der Waals surface area contributed by atoms with Crippen molar-refractivity contribution in [1.82, 2.24) is 4.57 Å². The number of nitrogens with zero attached hydrogens (tertiary/aromatic N) is 2. The molecule has 5 rings (SSSR count). The second-order valence-corrected chi connectivity index (χ2v) is 7.86. The van der Waals surface area contributed by atoms with Gasteiger partial charge in [0.25, 0.3) is 0 Å². The van der Waals surface area contributed by atoms with Gasteiger partial charge in [0.2, 0.25) is 5.43 Å². The molecule has 156 valence electrons. The van der Waals surface area contributed by atoms with Crippen molar-refractivity contribution in [3.05, 3.63) is 82.4 Å². The molecular weight excluding hydrogens is 397 g/mol. The van der Waals surface area contributed by atoms with E-state index in [0.717, 1.165) is 23.3 Å². The summed E-state index contributed by atoms with van der Waals surface area (Å²) in [6, 6.07) is 16.1. The Bertz CT molecular complexity index is 1410. The maximum atomic E-state index is 15.0. The SMILES string of the molecule is N[C@H]1CCN(c2cc3c(cc2F)c(=O)c(C(=O)O)cn3-c2cccc3ccccc23)C1. The van der Waals surface area contributed by atoms with Gasteiger partial charge in [-0.2, -0.15) is 0 Å². The van der Waals surface area contributed by atoms with E-state index in [0.29, 0.717) is 30.0 Å². The van der Waals surface area contributed by atoms with E-state index in [4.69, 9.17) is 5.73 Å². The molecule has 31 heavy (non-hydrogen) atoms. The van der Waals surface area contributed by atoms with Crippen LogP contribution in [0.3, 0.4) is 0 Å². The number of rotatable bonds is 3. The number of hydrogen-bond acceptors (Lipinski definition) is 4. The first-order valence-electron chi connectivity index (χ1n) is 10.0. The zero-order chi connectivity index (χ0) is 21.7. The molecule has 0 spiro atoms. The summed E-state index contributed by atoms with van der Waals surface area (Å²) in [6.07, 6.45) is 2.08. The third-order valence-electron chi connectivity index (χ3n) is 5.89. The molecular formula is C24H20FN3O3. The molecule has 0 bridgehead atoms. The molecule has 0 saturated carbocycles. The molecule has 0 radical (unpaired) electrons. The van der Waals surface area contributed by atoms with E-state index in [1.54, 1.807) is 10.6 Å². The molecule has 1 aliphatic heterocycles. The largest absolute Gasteiger partial charge is 0.477 e. The summed E-state index contributed by atoms with van der Waals surface area (Å²) in [5, 5.41) is 11.5. The van der Waals surface area contributed by atoms with Gasteiger partial charge in [-0.15, -0.1) is 0 Å². The van der Waals surface area contributed by atoms with E-state index < -0.39 is 22.8 Å². The van der Waals surface area contributed by atoms with E-state index in [-0.39, 0.29) is 11.4 Å². The van der Waals surface area contributed by atoms with Crippen molar-refractivity contribution in [2.75, 3.05) is 18.0 Å². The number of carboxylic acid groups (broad SMARTS) is 1. The molecule has 0 aliphatic carbocycles. The van der Waals surface area contributed by atoms with Crippen LogP contribution in [0.5, 0.6) is 0 Å². The van der Waals surface area contributed by atoms with Crippen molar-refractivity contribution in [1.29, 1.82) is 0 Å². The van der Waals surface area contributed by atoms with Crippen LogP contribution in [0.4, 0.5) is 10.1 Å². The van der Waals surface area contributed by atoms with Gasteiger partial charge in [0.1, 0.15) is 11.4 Å². The fourth-order valence-corrected chi connectivity index (χ4v) is 4.35. The molecule has 3 aromatic carbocycles. The highest BCUT2D eigenvalue weighted by atomic mass is 19.1. The van der Waals surface area contributed by atoms with Gasteiger partial charge < -0.3 is 20.3 Å². The van der Waals surface area contributed by atoms with Crippen LogP contribution in [0.1, 0.15) is 16.8 Å². The first-order chi connectivity index (χ1) is 14.9. The van der Waals surface area contributed by atoms with Crippen LogP contribution in [0, 0.1) is 5.82 Å². The third kappa shape index (κ3) is 3.14. The summed E-state index contributed by atoms with van der Waals surface area (Å²) in [5.41, 5.74) is 6.40. The Balaban J connectivity index is 1.87. The van der Waals surface area contributed by atoms with Crippen LogP contribution in [-0.2, 0) is 0 Å². The average molecular weight is 417 g/mol. The summed E-state index contributed by atoms with van der Waals surface area (Å²) in [6.45, 7) is 1.14. The fraction of sp³-hybridized carbons (Fsp3) is 0.167. The number of carbonyl (C=O) groups is 1. The number of halogens is 1. The predicted molar refractivity (Wildman–Crippen MR) is 119 cm³/mol. The molecule has 6 nitrogen and oxygen atoms in total. The Kier molecular flexibility index (Phi) is 4.48. The fourth-order valence-electron chi connectivity index (χ4n) is 4.35. The van der Waals surface area contributed by atoms with Gasteiger partial charge in [-0.1, -0.05) is 36.4 Å². The van der Waals surface area contributed by atoms with Crippen molar-refractivity contribution in [2.24, 2.45) is 5.73 Å². The lowest BCUT2D eigenvalue weighted by Gasteiger charge is -2.21. The number of anilines is 1. The zero-order valence-electron chi connectivity index (χ0n) is 16.6. The number of aromatic nitrogens is 1. The first kappa shape index (κ1) is 19.3. The van der Waals surface area contributed by atoms with Gasteiger partial charge in [0.05, 0.1) is 16.9 Å². The topological polar surface area (TPSA) is 88.6 Å². The standard InChI is InChI=1S/C24H20FN3O3/c25-19-10-17-21(11-22(19)27-9-8-15(26)12-27)28(13-18(23(17)29)24(30)31)20-7-3-5-14-4-1-2-6-16(14)20/h1-7,10-11,13,15H,8-9,12,26H2,(H,30,31)/t15-/m0/s1. The number of carboxylic acids is 1. The Labute approximate surface area is 176 Å². The molecule has 7 heteroatoms. The molecule has 2 heterocycles. The molecule has 3 N–H and O–H groups in total. The number of fused-ring (bicyclic) bond motifs is 2. The highest BCUT2D eigenvalue weighted by Gasteiger charge is 2.24. The van der Waals surface area contributed by atoms with E-state index in [1.807, 2.05) is 47.4 Å².